The van der Waals surface area contributed by atoms with Crippen molar-refractivity contribution in [2.24, 2.45) is 10.7 Å². The molecule has 0 bridgehead atoms. The summed E-state index contributed by atoms with van der Waals surface area (Å²) in [6.45, 7) is 2.49. The molecule has 0 aliphatic carbocycles. The molecule has 0 aromatic heterocycles. The highest BCUT2D eigenvalue weighted by Gasteiger charge is 2.41. The average Bonchev–Trinajstić information content (AvgIpc) is 2.79. The third kappa shape index (κ3) is 8.24. The van der Waals surface area contributed by atoms with Crippen LogP contribution in [0.3, 0.4) is 0 Å². The van der Waals surface area contributed by atoms with Crippen LogP contribution in [0, 0.1) is 17.7 Å². The number of carbonyl (C=O) groups excluding carboxylic acids is 1. The van der Waals surface area contributed by atoms with Gasteiger partial charge in [0, 0.05) is 36.3 Å². The number of hydrogen-bond donors (Lipinski definition) is 2. The van der Waals surface area contributed by atoms with Crippen molar-refractivity contribution in [2.45, 2.75) is 31.8 Å². The highest BCUT2D eigenvalue weighted by Crippen LogP contribution is 2.44. The van der Waals surface area contributed by atoms with Gasteiger partial charge in [0.1, 0.15) is 11.4 Å². The highest BCUT2D eigenvalue weighted by atomic mass is 19.4. The third-order valence-corrected chi connectivity index (χ3v) is 4.68. The van der Waals surface area contributed by atoms with Crippen LogP contribution in [0.2, 0.25) is 0 Å². The van der Waals surface area contributed by atoms with Gasteiger partial charge < -0.3 is 15.6 Å². The molecular weight excluding hydrogens is 523 g/mol. The summed E-state index contributed by atoms with van der Waals surface area (Å²) in [5, 5.41) is 9.58. The normalized spacial score (nSPS) is 12.8. The molecule has 0 aliphatic rings. The summed E-state index contributed by atoms with van der Waals surface area (Å²) in [6, 6.07) is 4.39. The van der Waals surface area contributed by atoms with E-state index in [1.54, 1.807) is 0 Å². The molecule has 13 heteroatoms. The molecule has 0 fully saturated rings. The fraction of sp³-hybridized carbons (Fsp3) is 0.280. The molecule has 1 amide bonds. The molecule has 0 atom stereocenters. The van der Waals surface area contributed by atoms with Crippen LogP contribution >= 0.6 is 0 Å². The largest absolute Gasteiger partial charge is 0.420 e. The first kappa shape index (κ1) is 30.2. The Hall–Kier alpha value is -4.05. The molecule has 0 unspecified atom stereocenters. The molecule has 0 saturated heterocycles. The Bertz CT molecular complexity index is 1280. The first-order valence-corrected chi connectivity index (χ1v) is 10.6. The number of nitrogens with two attached hydrogens (primary N) is 1. The van der Waals surface area contributed by atoms with Crippen LogP contribution in [-0.2, 0) is 12.4 Å². The van der Waals surface area contributed by atoms with Crippen LogP contribution in [-0.4, -0.2) is 36.6 Å². The number of carbonyl (C=O) groups is 1. The third-order valence-electron chi connectivity index (χ3n) is 4.68. The number of amides is 1. The van der Waals surface area contributed by atoms with Crippen molar-refractivity contribution in [3.8, 4) is 17.6 Å². The number of nitrogens with zero attached hydrogens (tertiary/aromatic N) is 2. The summed E-state index contributed by atoms with van der Waals surface area (Å²) in [5.41, 5.74) is -0.678. The van der Waals surface area contributed by atoms with Crippen LogP contribution < -0.4 is 15.4 Å². The van der Waals surface area contributed by atoms with Crippen LogP contribution in [0.4, 0.5) is 41.2 Å². The Balaban J connectivity index is 2.65. The Kier molecular flexibility index (Phi) is 9.18. The molecule has 2 aromatic carbocycles. The second kappa shape index (κ2) is 11.6. The fourth-order valence-corrected chi connectivity index (χ4v) is 2.90. The minimum Gasteiger partial charge on any atom is -0.409 e. The maximum atomic E-state index is 13.9. The van der Waals surface area contributed by atoms with E-state index in [4.69, 9.17) is 10.5 Å². The first-order valence-electron chi connectivity index (χ1n) is 10.6. The van der Waals surface area contributed by atoms with Crippen LogP contribution in [0.5, 0.6) is 5.75 Å². The van der Waals surface area contributed by atoms with Gasteiger partial charge in [-0.1, -0.05) is 11.8 Å². The quantitative estimate of drug-likeness (QED) is 0.289. The predicted octanol–water partition coefficient (Wildman–Crippen LogP) is 5.64. The van der Waals surface area contributed by atoms with Gasteiger partial charge in [0.2, 0.25) is 0 Å². The number of benzene rings is 2. The van der Waals surface area contributed by atoms with Crippen molar-refractivity contribution in [1.29, 1.82) is 0 Å². The first-order chi connectivity index (χ1) is 17.4. The number of rotatable bonds is 5. The van der Waals surface area contributed by atoms with Gasteiger partial charge in [-0.3, -0.25) is 9.89 Å². The van der Waals surface area contributed by atoms with Crippen LogP contribution in [0.15, 0.2) is 47.6 Å². The molecule has 204 valence electrons. The van der Waals surface area contributed by atoms with Crippen molar-refractivity contribution in [2.75, 3.05) is 18.5 Å². The van der Waals surface area contributed by atoms with Crippen molar-refractivity contribution in [1.82, 2.24) is 0 Å². The lowest BCUT2D eigenvalue weighted by molar-refractivity contribution is -0.143. The lowest BCUT2D eigenvalue weighted by Gasteiger charge is -2.22. The van der Waals surface area contributed by atoms with E-state index in [0.717, 1.165) is 42.4 Å². The minimum atomic E-state index is -5.38. The molecule has 6 nitrogen and oxygen atoms in total. The minimum absolute atomic E-state index is 0.0277. The smallest absolute Gasteiger partial charge is 0.409 e. The molecule has 2 aromatic rings. The predicted molar refractivity (Wildman–Crippen MR) is 127 cm³/mol. The molecule has 0 spiro atoms. The number of alkyl halides is 6. The van der Waals surface area contributed by atoms with Crippen molar-refractivity contribution < 1.29 is 45.4 Å². The Morgan fingerprint density at radius 2 is 1.71 bits per heavy atom. The molecular formula is C25H22F7N3O3. The highest BCUT2D eigenvalue weighted by molar-refractivity contribution is 6.11. The summed E-state index contributed by atoms with van der Waals surface area (Å²) in [7, 11) is 1.11. The fourth-order valence-electron chi connectivity index (χ4n) is 2.90. The molecule has 3 N–H and O–H groups in total. The lowest BCUT2D eigenvalue weighted by atomic mass is 9.98. The van der Waals surface area contributed by atoms with E-state index in [-0.39, 0.29) is 18.3 Å². The zero-order valence-corrected chi connectivity index (χ0v) is 20.2. The van der Waals surface area contributed by atoms with Gasteiger partial charge in [-0.25, -0.2) is 9.18 Å². The summed E-state index contributed by atoms with van der Waals surface area (Å²) < 4.78 is 100. The number of aliphatic imine (C=N–C) groups is 1. The maximum Gasteiger partial charge on any atom is 0.420 e. The second-order valence-corrected chi connectivity index (χ2v) is 8.25. The number of aliphatic hydroxyl groups is 1. The van der Waals surface area contributed by atoms with E-state index in [0.29, 0.717) is 12.3 Å². The van der Waals surface area contributed by atoms with Gasteiger partial charge in [0.15, 0.2) is 5.75 Å². The van der Waals surface area contributed by atoms with Crippen LogP contribution in [0.1, 0.15) is 30.5 Å². The average molecular weight is 545 g/mol. The Morgan fingerprint density at radius 1 is 1.11 bits per heavy atom. The van der Waals surface area contributed by atoms with E-state index in [2.05, 4.69) is 16.8 Å². The molecule has 0 radical (unpaired) electrons. The van der Waals surface area contributed by atoms with Crippen molar-refractivity contribution in [3.63, 3.8) is 0 Å². The Morgan fingerprint density at radius 3 is 2.21 bits per heavy atom. The number of allylic oxidation sites excluding steroid dienone is 1. The maximum absolute atomic E-state index is 13.9. The van der Waals surface area contributed by atoms with Crippen molar-refractivity contribution >= 4 is 23.6 Å². The van der Waals surface area contributed by atoms with Gasteiger partial charge >= 0.3 is 18.4 Å². The number of halogens is 7. The number of hydrogen-bond acceptors (Lipinski definition) is 5. The van der Waals surface area contributed by atoms with Crippen LogP contribution in [0.25, 0.3) is 5.57 Å². The standard InChI is InChI=1S/C25H22F7N3O3/c1-23(2,37)9-4-10-34-14-15(13-33)19-11-16(24(27,28)29)12-20(25(30,31)32)21(19)38-22(36)35(3)18-7-5-17(26)6-8-18/h5-8,11-14,37H,10,33H2,1-3H3/b15-13+,34-14?. The Labute approximate surface area is 213 Å². The van der Waals surface area contributed by atoms with Gasteiger partial charge in [-0.15, -0.1) is 0 Å². The topological polar surface area (TPSA) is 88.2 Å². The molecule has 0 aliphatic heterocycles. The summed E-state index contributed by atoms with van der Waals surface area (Å²) >= 11 is 0. The van der Waals surface area contributed by atoms with E-state index in [1.165, 1.54) is 13.8 Å². The number of anilines is 1. The van der Waals surface area contributed by atoms with Gasteiger partial charge in [-0.2, -0.15) is 26.3 Å². The second-order valence-electron chi connectivity index (χ2n) is 8.25. The zero-order chi connectivity index (χ0) is 28.9. The SMILES string of the molecule is CN(C(=O)Oc1c(/C(C=NCC#CC(C)(C)O)=C/N)cc(C(F)(F)F)cc1C(F)(F)F)c1ccc(F)cc1. The molecule has 2 rings (SSSR count). The van der Waals surface area contributed by atoms with E-state index < -0.39 is 57.9 Å². The van der Waals surface area contributed by atoms with E-state index in [9.17, 15) is 40.6 Å². The molecule has 0 saturated carbocycles. The number of ether oxygens (including phenoxy) is 1. The monoisotopic (exact) mass is 545 g/mol. The zero-order valence-electron chi connectivity index (χ0n) is 20.2. The lowest BCUT2D eigenvalue weighted by Crippen LogP contribution is -2.30. The molecule has 0 heterocycles. The van der Waals surface area contributed by atoms with E-state index >= 15 is 0 Å². The van der Waals surface area contributed by atoms with Gasteiger partial charge in [0.25, 0.3) is 0 Å². The summed E-state index contributed by atoms with van der Waals surface area (Å²) in [5.74, 6) is 2.99. The summed E-state index contributed by atoms with van der Waals surface area (Å²) in [4.78, 5) is 17.2. The van der Waals surface area contributed by atoms with Gasteiger partial charge in [0.05, 0.1) is 17.7 Å². The van der Waals surface area contributed by atoms with Gasteiger partial charge in [-0.05, 0) is 50.2 Å². The van der Waals surface area contributed by atoms with Crippen molar-refractivity contribution in [3.05, 3.63) is 65.1 Å². The summed E-state index contributed by atoms with van der Waals surface area (Å²) in [6.07, 6.45) is -10.4. The molecule has 38 heavy (non-hydrogen) atoms. The van der Waals surface area contributed by atoms with E-state index in [1.807, 2.05) is 0 Å².